The van der Waals surface area contributed by atoms with Gasteiger partial charge in [0.2, 0.25) is 5.91 Å². The number of pyridine rings is 1. The first-order valence-electron chi connectivity index (χ1n) is 11.2. The van der Waals surface area contributed by atoms with Crippen LogP contribution in [0, 0.1) is 5.92 Å². The predicted octanol–water partition coefficient (Wildman–Crippen LogP) is 4.88. The van der Waals surface area contributed by atoms with Gasteiger partial charge in [-0.25, -0.2) is 4.98 Å². The minimum absolute atomic E-state index is 0.332. The van der Waals surface area contributed by atoms with Gasteiger partial charge in [0.05, 0.1) is 11.4 Å². The van der Waals surface area contributed by atoms with Gasteiger partial charge in [0.25, 0.3) is 0 Å². The maximum atomic E-state index is 12.8. The van der Waals surface area contributed by atoms with Gasteiger partial charge < -0.3 is 9.30 Å². The van der Waals surface area contributed by atoms with E-state index >= 15 is 0 Å². The molecule has 2 saturated heterocycles. The molecule has 6 heteroatoms. The first-order chi connectivity index (χ1) is 15.0. The van der Waals surface area contributed by atoms with Crippen molar-refractivity contribution < 1.29 is 4.79 Å². The van der Waals surface area contributed by atoms with Crippen LogP contribution in [-0.4, -0.2) is 50.3 Å². The number of hydrogen-bond donors (Lipinski definition) is 0. The Bertz CT molecular complexity index is 1080. The third-order valence-corrected chi connectivity index (χ3v) is 6.80. The summed E-state index contributed by atoms with van der Waals surface area (Å²) in [4.78, 5) is 22.5. The zero-order valence-corrected chi connectivity index (χ0v) is 18.9. The van der Waals surface area contributed by atoms with E-state index in [1.807, 2.05) is 30.3 Å². The number of benzene rings is 1. The van der Waals surface area contributed by atoms with Crippen LogP contribution >= 0.6 is 11.6 Å². The smallest absolute Gasteiger partial charge is 0.223 e. The number of piperazine rings is 1. The molecule has 0 spiro atoms. The number of likely N-dealkylation sites (tertiary alicyclic amines) is 1. The molecule has 5 rings (SSSR count). The molecular formula is C25H29ClN4O. The molecule has 2 aliphatic heterocycles. The minimum Gasteiger partial charge on any atom is -0.334 e. The van der Waals surface area contributed by atoms with Gasteiger partial charge in [0.1, 0.15) is 5.65 Å². The standard InChI is InChI=1S/C25H29ClN4O/c1-17(2)13-24(31)30-20-10-11-21(30)15-28(14-20)16-22-25(18-6-8-19(26)9-7-18)27-23-5-3-4-12-29(22)23/h3-9,12,17,20-21H,10-11,13-16H2,1-2H3. The third kappa shape index (κ3) is 3.97. The van der Waals surface area contributed by atoms with Gasteiger partial charge in [-0.3, -0.25) is 9.69 Å². The highest BCUT2D eigenvalue weighted by molar-refractivity contribution is 6.30. The van der Waals surface area contributed by atoms with Crippen molar-refractivity contribution in [2.75, 3.05) is 13.1 Å². The summed E-state index contributed by atoms with van der Waals surface area (Å²) in [6.07, 6.45) is 4.97. The zero-order valence-electron chi connectivity index (χ0n) is 18.2. The van der Waals surface area contributed by atoms with E-state index in [-0.39, 0.29) is 0 Å². The predicted molar refractivity (Wildman–Crippen MR) is 124 cm³/mol. The molecular weight excluding hydrogens is 408 g/mol. The number of amides is 1. The molecule has 0 aliphatic carbocycles. The van der Waals surface area contributed by atoms with Crippen molar-refractivity contribution in [3.8, 4) is 11.3 Å². The first-order valence-corrected chi connectivity index (χ1v) is 11.6. The maximum absolute atomic E-state index is 12.8. The molecule has 2 unspecified atom stereocenters. The number of halogens is 1. The number of hydrogen-bond acceptors (Lipinski definition) is 3. The van der Waals surface area contributed by atoms with Crippen LogP contribution in [0.15, 0.2) is 48.7 Å². The van der Waals surface area contributed by atoms with E-state index in [1.54, 1.807) is 0 Å². The normalized spacial score (nSPS) is 21.4. The van der Waals surface area contributed by atoms with Crippen molar-refractivity contribution in [3.05, 3.63) is 59.4 Å². The van der Waals surface area contributed by atoms with Crippen molar-refractivity contribution in [2.24, 2.45) is 5.92 Å². The molecule has 0 radical (unpaired) electrons. The second kappa shape index (κ2) is 8.29. The van der Waals surface area contributed by atoms with Crippen LogP contribution < -0.4 is 0 Å². The van der Waals surface area contributed by atoms with Crippen molar-refractivity contribution in [1.29, 1.82) is 0 Å². The van der Waals surface area contributed by atoms with E-state index in [2.05, 4.69) is 46.4 Å². The van der Waals surface area contributed by atoms with Crippen molar-refractivity contribution in [3.63, 3.8) is 0 Å². The third-order valence-electron chi connectivity index (χ3n) is 6.55. The molecule has 2 fully saturated rings. The highest BCUT2D eigenvalue weighted by Crippen LogP contribution is 2.33. The summed E-state index contributed by atoms with van der Waals surface area (Å²) in [5.41, 5.74) is 4.24. The second-order valence-corrected chi connectivity index (χ2v) is 9.76. The van der Waals surface area contributed by atoms with E-state index in [1.165, 1.54) is 5.69 Å². The Morgan fingerprint density at radius 1 is 1.10 bits per heavy atom. The summed E-state index contributed by atoms with van der Waals surface area (Å²) in [6.45, 7) is 6.93. The lowest BCUT2D eigenvalue weighted by Gasteiger charge is -2.41. The maximum Gasteiger partial charge on any atom is 0.223 e. The van der Waals surface area contributed by atoms with Gasteiger partial charge in [0, 0.05) is 54.9 Å². The van der Waals surface area contributed by atoms with Crippen LogP contribution in [-0.2, 0) is 11.3 Å². The van der Waals surface area contributed by atoms with Gasteiger partial charge in [-0.2, -0.15) is 0 Å². The summed E-state index contributed by atoms with van der Waals surface area (Å²) < 4.78 is 2.20. The number of aromatic nitrogens is 2. The van der Waals surface area contributed by atoms with Crippen LogP contribution in [0.1, 0.15) is 38.8 Å². The van der Waals surface area contributed by atoms with E-state index in [4.69, 9.17) is 16.6 Å². The number of nitrogens with zero attached hydrogens (tertiary/aromatic N) is 4. The fraction of sp³-hybridized carbons (Fsp3) is 0.440. The Morgan fingerprint density at radius 3 is 2.48 bits per heavy atom. The van der Waals surface area contributed by atoms with E-state index in [0.717, 1.165) is 54.4 Å². The van der Waals surface area contributed by atoms with Crippen LogP contribution in [0.5, 0.6) is 0 Å². The molecule has 31 heavy (non-hydrogen) atoms. The van der Waals surface area contributed by atoms with E-state index in [9.17, 15) is 4.79 Å². The summed E-state index contributed by atoms with van der Waals surface area (Å²) >= 11 is 6.12. The Kier molecular flexibility index (Phi) is 5.49. The van der Waals surface area contributed by atoms with Gasteiger partial charge >= 0.3 is 0 Å². The van der Waals surface area contributed by atoms with Crippen LogP contribution in [0.25, 0.3) is 16.9 Å². The molecule has 162 valence electrons. The Hall–Kier alpha value is -2.37. The minimum atomic E-state index is 0.332. The Morgan fingerprint density at radius 2 is 1.81 bits per heavy atom. The lowest BCUT2D eigenvalue weighted by Crippen LogP contribution is -2.55. The summed E-state index contributed by atoms with van der Waals surface area (Å²) in [6, 6.07) is 14.7. The number of carbonyl (C=O) groups excluding carboxylic acids is 1. The zero-order chi connectivity index (χ0) is 21.5. The number of imidazole rings is 1. The first kappa shape index (κ1) is 20.5. The molecule has 5 nitrogen and oxygen atoms in total. The van der Waals surface area contributed by atoms with Crippen LogP contribution in [0.3, 0.4) is 0 Å². The fourth-order valence-electron chi connectivity index (χ4n) is 5.23. The molecule has 0 N–H and O–H groups in total. The molecule has 2 atom stereocenters. The summed E-state index contributed by atoms with van der Waals surface area (Å²) in [7, 11) is 0. The summed E-state index contributed by atoms with van der Waals surface area (Å²) in [5.74, 6) is 0.740. The largest absolute Gasteiger partial charge is 0.334 e. The van der Waals surface area contributed by atoms with Gasteiger partial charge in [0.15, 0.2) is 0 Å². The average molecular weight is 437 g/mol. The molecule has 0 saturated carbocycles. The van der Waals surface area contributed by atoms with Gasteiger partial charge in [-0.05, 0) is 43.0 Å². The average Bonchev–Trinajstić information content (AvgIpc) is 3.23. The Labute approximate surface area is 188 Å². The highest BCUT2D eigenvalue weighted by atomic mass is 35.5. The van der Waals surface area contributed by atoms with Gasteiger partial charge in [-0.1, -0.05) is 43.6 Å². The van der Waals surface area contributed by atoms with Gasteiger partial charge in [-0.15, -0.1) is 0 Å². The van der Waals surface area contributed by atoms with Crippen molar-refractivity contribution >= 4 is 23.2 Å². The van der Waals surface area contributed by atoms with Crippen molar-refractivity contribution in [2.45, 2.75) is 51.7 Å². The van der Waals surface area contributed by atoms with E-state index in [0.29, 0.717) is 30.3 Å². The number of fused-ring (bicyclic) bond motifs is 3. The van der Waals surface area contributed by atoms with Crippen molar-refractivity contribution in [1.82, 2.24) is 19.2 Å². The Balaban J connectivity index is 1.42. The SMILES string of the molecule is CC(C)CC(=O)N1C2CCC1CN(Cc1c(-c3ccc(Cl)cc3)nc3ccccn13)C2. The molecule has 2 aromatic heterocycles. The lowest BCUT2D eigenvalue weighted by atomic mass is 10.1. The quantitative estimate of drug-likeness (QED) is 0.572. The molecule has 2 bridgehead atoms. The number of carbonyl (C=O) groups is 1. The number of rotatable bonds is 5. The van der Waals surface area contributed by atoms with Crippen LogP contribution in [0.2, 0.25) is 5.02 Å². The highest BCUT2D eigenvalue weighted by Gasteiger charge is 2.42. The topological polar surface area (TPSA) is 40.9 Å². The lowest BCUT2D eigenvalue weighted by molar-refractivity contribution is -0.137. The second-order valence-electron chi connectivity index (χ2n) is 9.32. The molecule has 1 amide bonds. The molecule has 2 aliphatic rings. The van der Waals surface area contributed by atoms with Crippen LogP contribution in [0.4, 0.5) is 0 Å². The molecule has 3 aromatic rings. The molecule has 4 heterocycles. The monoisotopic (exact) mass is 436 g/mol. The molecule has 1 aromatic carbocycles. The van der Waals surface area contributed by atoms with E-state index < -0.39 is 0 Å². The fourth-order valence-corrected chi connectivity index (χ4v) is 5.36. The summed E-state index contributed by atoms with van der Waals surface area (Å²) in [5, 5.41) is 0.729.